The summed E-state index contributed by atoms with van der Waals surface area (Å²) in [6, 6.07) is 9.17. The smallest absolute Gasteiger partial charge is 0.316 e. The van der Waals surface area contributed by atoms with Crippen molar-refractivity contribution in [2.75, 3.05) is 6.67 Å². The number of nitrogens with one attached hydrogen (secondary N) is 2. The Hall–Kier alpha value is -2.63. The van der Waals surface area contributed by atoms with Crippen molar-refractivity contribution in [1.82, 2.24) is 15.5 Å². The summed E-state index contributed by atoms with van der Waals surface area (Å²) in [6.45, 7) is 0.332. The van der Waals surface area contributed by atoms with Crippen LogP contribution in [0.1, 0.15) is 18.4 Å². The Morgan fingerprint density at radius 1 is 0.960 bits per heavy atom. The molecule has 1 heterocycles. The van der Waals surface area contributed by atoms with E-state index in [1.54, 1.807) is 0 Å². The summed E-state index contributed by atoms with van der Waals surface area (Å²) >= 11 is 0. The highest BCUT2D eigenvalue weighted by molar-refractivity contribution is 6.06. The predicted molar refractivity (Wildman–Crippen MR) is 90.9 cm³/mol. The molecular formula is C19H21N3O3. The van der Waals surface area contributed by atoms with Gasteiger partial charge in [-0.1, -0.05) is 42.5 Å². The molecule has 6 heteroatoms. The van der Waals surface area contributed by atoms with Crippen molar-refractivity contribution in [2.45, 2.75) is 19.4 Å². The average Bonchev–Trinajstić information content (AvgIpc) is 2.93. The molecule has 4 atom stereocenters. The third-order valence-electron chi connectivity index (χ3n) is 5.54. The van der Waals surface area contributed by atoms with E-state index in [2.05, 4.69) is 22.8 Å². The van der Waals surface area contributed by atoms with E-state index in [-0.39, 0.29) is 48.2 Å². The van der Waals surface area contributed by atoms with Crippen molar-refractivity contribution >= 4 is 17.8 Å². The van der Waals surface area contributed by atoms with Gasteiger partial charge in [0.1, 0.15) is 6.67 Å². The molecule has 5 rings (SSSR count). The van der Waals surface area contributed by atoms with Crippen LogP contribution in [0.2, 0.25) is 0 Å². The van der Waals surface area contributed by atoms with E-state index in [9.17, 15) is 14.4 Å². The molecule has 130 valence electrons. The van der Waals surface area contributed by atoms with E-state index >= 15 is 0 Å². The summed E-state index contributed by atoms with van der Waals surface area (Å²) in [5.41, 5.74) is 0.986. The summed E-state index contributed by atoms with van der Waals surface area (Å²) in [4.78, 5) is 38.4. The zero-order valence-electron chi connectivity index (χ0n) is 13.9. The second-order valence-electron chi connectivity index (χ2n) is 6.95. The largest absolute Gasteiger partial charge is 0.334 e. The molecule has 1 saturated carbocycles. The number of likely N-dealkylation sites (tertiary alicyclic amines) is 1. The Morgan fingerprint density at radius 2 is 1.56 bits per heavy atom. The summed E-state index contributed by atoms with van der Waals surface area (Å²) in [6.07, 6.45) is 6.12. The van der Waals surface area contributed by atoms with E-state index in [0.29, 0.717) is 6.54 Å². The molecule has 1 aliphatic heterocycles. The quantitative estimate of drug-likeness (QED) is 0.647. The maximum absolute atomic E-state index is 12.6. The number of carbonyl (C=O) groups excluding carboxylic acids is 3. The minimum Gasteiger partial charge on any atom is -0.334 e. The van der Waals surface area contributed by atoms with Gasteiger partial charge >= 0.3 is 6.03 Å². The van der Waals surface area contributed by atoms with Crippen molar-refractivity contribution < 1.29 is 14.4 Å². The lowest BCUT2D eigenvalue weighted by Gasteiger charge is -2.38. The van der Waals surface area contributed by atoms with Crippen LogP contribution >= 0.6 is 0 Å². The molecule has 1 aromatic carbocycles. The highest BCUT2D eigenvalue weighted by atomic mass is 16.2. The minimum absolute atomic E-state index is 0.0648. The Morgan fingerprint density at radius 3 is 2.12 bits per heavy atom. The number of urea groups is 1. The number of nitrogens with zero attached hydrogens (tertiary/aromatic N) is 1. The van der Waals surface area contributed by atoms with Gasteiger partial charge in [0, 0.05) is 6.54 Å². The number of imide groups is 1. The van der Waals surface area contributed by atoms with Gasteiger partial charge in [0.05, 0.1) is 11.8 Å². The van der Waals surface area contributed by atoms with Crippen LogP contribution in [0.4, 0.5) is 4.79 Å². The molecule has 25 heavy (non-hydrogen) atoms. The van der Waals surface area contributed by atoms with Gasteiger partial charge < -0.3 is 10.6 Å². The predicted octanol–water partition coefficient (Wildman–Crippen LogP) is 1.64. The maximum Gasteiger partial charge on any atom is 0.316 e. The molecule has 2 fully saturated rings. The van der Waals surface area contributed by atoms with Crippen molar-refractivity contribution in [1.29, 1.82) is 0 Å². The van der Waals surface area contributed by atoms with Gasteiger partial charge in [-0.2, -0.15) is 0 Å². The van der Waals surface area contributed by atoms with Crippen molar-refractivity contribution in [2.24, 2.45) is 23.7 Å². The molecular weight excluding hydrogens is 318 g/mol. The SMILES string of the molecule is O=C(NCc1ccccc1)NCN1C(=O)C2C3C=CC(CC3)C2C1=O. The molecule has 1 saturated heterocycles. The molecule has 6 nitrogen and oxygen atoms in total. The molecule has 0 aromatic heterocycles. The number of amides is 4. The van der Waals surface area contributed by atoms with Crippen molar-refractivity contribution in [3.8, 4) is 0 Å². The molecule has 2 bridgehead atoms. The minimum atomic E-state index is -0.388. The molecule has 4 aliphatic rings. The van der Waals surface area contributed by atoms with Gasteiger partial charge in [0.25, 0.3) is 0 Å². The van der Waals surface area contributed by atoms with Crippen LogP contribution in [0.5, 0.6) is 0 Å². The van der Waals surface area contributed by atoms with E-state index in [4.69, 9.17) is 0 Å². The van der Waals surface area contributed by atoms with Gasteiger partial charge in [-0.3, -0.25) is 14.5 Å². The Labute approximate surface area is 146 Å². The zero-order valence-corrected chi connectivity index (χ0v) is 13.9. The number of benzene rings is 1. The first-order valence-electron chi connectivity index (χ1n) is 8.74. The van der Waals surface area contributed by atoms with Crippen LogP contribution in [0.15, 0.2) is 42.5 Å². The molecule has 4 unspecified atom stereocenters. The van der Waals surface area contributed by atoms with Gasteiger partial charge in [0.2, 0.25) is 11.8 Å². The lowest BCUT2D eigenvalue weighted by atomic mass is 9.63. The first-order valence-corrected chi connectivity index (χ1v) is 8.74. The highest BCUT2D eigenvalue weighted by Gasteiger charge is 2.56. The van der Waals surface area contributed by atoms with E-state index in [1.165, 1.54) is 4.90 Å². The van der Waals surface area contributed by atoms with E-state index in [0.717, 1.165) is 18.4 Å². The Bertz CT molecular complexity index is 699. The normalized spacial score (nSPS) is 29.7. The first-order chi connectivity index (χ1) is 12.1. The second-order valence-corrected chi connectivity index (χ2v) is 6.95. The summed E-state index contributed by atoms with van der Waals surface area (Å²) in [5, 5.41) is 5.36. The number of hydrogen-bond acceptors (Lipinski definition) is 3. The van der Waals surface area contributed by atoms with Crippen LogP contribution in [0.25, 0.3) is 0 Å². The lowest BCUT2D eigenvalue weighted by molar-refractivity contribution is -0.140. The standard InChI is InChI=1S/C19H21N3O3/c23-17-15-13-6-7-14(9-8-13)16(15)18(24)22(17)11-21-19(25)20-10-12-4-2-1-3-5-12/h1-7,13-16H,8-11H2,(H2,20,21,25). The number of fused-ring (bicyclic) bond motifs is 1. The van der Waals surface area contributed by atoms with Crippen molar-refractivity contribution in [3.05, 3.63) is 48.0 Å². The fourth-order valence-corrected chi connectivity index (χ4v) is 4.28. The van der Waals surface area contributed by atoms with Gasteiger partial charge in [0.15, 0.2) is 0 Å². The van der Waals surface area contributed by atoms with Crippen molar-refractivity contribution in [3.63, 3.8) is 0 Å². The van der Waals surface area contributed by atoms with Crippen LogP contribution in [-0.2, 0) is 16.1 Å². The summed E-state index contributed by atoms with van der Waals surface area (Å²) in [7, 11) is 0. The van der Waals surface area contributed by atoms with E-state index in [1.807, 2.05) is 30.3 Å². The van der Waals surface area contributed by atoms with Gasteiger partial charge in [-0.15, -0.1) is 0 Å². The van der Waals surface area contributed by atoms with Crippen LogP contribution in [0, 0.1) is 23.7 Å². The van der Waals surface area contributed by atoms with E-state index < -0.39 is 0 Å². The number of carbonyl (C=O) groups is 3. The molecule has 1 aromatic rings. The molecule has 0 spiro atoms. The number of hydrogen-bond donors (Lipinski definition) is 2. The average molecular weight is 339 g/mol. The first kappa shape index (κ1) is 15.9. The molecule has 4 amide bonds. The topological polar surface area (TPSA) is 78.5 Å². The fraction of sp³-hybridized carbons (Fsp3) is 0.421. The second kappa shape index (κ2) is 6.35. The number of allylic oxidation sites excluding steroid dienone is 2. The van der Waals surface area contributed by atoms with Crippen LogP contribution in [-0.4, -0.2) is 29.4 Å². The maximum atomic E-state index is 12.6. The highest BCUT2D eigenvalue weighted by Crippen LogP contribution is 2.49. The Kier molecular flexibility index (Phi) is 4.03. The lowest BCUT2D eigenvalue weighted by Crippen LogP contribution is -2.45. The van der Waals surface area contributed by atoms with Crippen LogP contribution < -0.4 is 10.6 Å². The monoisotopic (exact) mass is 339 g/mol. The summed E-state index contributed by atoms with van der Waals surface area (Å²) in [5.74, 6) is -0.405. The Balaban J connectivity index is 1.33. The van der Waals surface area contributed by atoms with Gasteiger partial charge in [-0.25, -0.2) is 4.79 Å². The van der Waals surface area contributed by atoms with Crippen LogP contribution in [0.3, 0.4) is 0 Å². The summed E-state index contributed by atoms with van der Waals surface area (Å²) < 4.78 is 0. The molecule has 3 aliphatic carbocycles. The zero-order chi connectivity index (χ0) is 17.4. The molecule has 0 radical (unpaired) electrons. The number of rotatable bonds is 4. The van der Waals surface area contributed by atoms with Gasteiger partial charge in [-0.05, 0) is 30.2 Å². The fourth-order valence-electron chi connectivity index (χ4n) is 4.28. The molecule has 2 N–H and O–H groups in total. The third kappa shape index (κ3) is 2.81. The third-order valence-corrected chi connectivity index (χ3v) is 5.54.